The Morgan fingerprint density at radius 1 is 1.06 bits per heavy atom. The van der Waals surface area contributed by atoms with Crippen molar-refractivity contribution >= 4 is 29.3 Å². The van der Waals surface area contributed by atoms with Crippen molar-refractivity contribution in [2.45, 2.75) is 5.16 Å². The standard InChI is InChI=1S/C21H23N5O4S/c1-25(2)20(28)12-30-18-8-4-15(5-9-18)23-19(27)13-31-21-24-22-14-26(21)16-6-10-17(29-3)11-7-16/h4-11,14H,12-13H2,1-3H3,(H,23,27). The van der Waals surface area contributed by atoms with E-state index in [1.807, 2.05) is 24.3 Å². The fraction of sp³-hybridized carbons (Fsp3) is 0.238. The summed E-state index contributed by atoms with van der Waals surface area (Å²) in [7, 11) is 4.95. The molecular weight excluding hydrogens is 418 g/mol. The van der Waals surface area contributed by atoms with Crippen LogP contribution in [0.3, 0.4) is 0 Å². The SMILES string of the molecule is COc1ccc(-n2cnnc2SCC(=O)Nc2ccc(OCC(=O)N(C)C)cc2)cc1. The lowest BCUT2D eigenvalue weighted by Crippen LogP contribution is -2.27. The van der Waals surface area contributed by atoms with Gasteiger partial charge in [-0.2, -0.15) is 0 Å². The fourth-order valence-corrected chi connectivity index (χ4v) is 3.21. The molecule has 31 heavy (non-hydrogen) atoms. The van der Waals surface area contributed by atoms with Crippen molar-refractivity contribution in [3.05, 3.63) is 54.9 Å². The summed E-state index contributed by atoms with van der Waals surface area (Å²) < 4.78 is 12.4. The highest BCUT2D eigenvalue weighted by Gasteiger charge is 2.11. The van der Waals surface area contributed by atoms with Gasteiger partial charge in [-0.25, -0.2) is 0 Å². The predicted octanol–water partition coefficient (Wildman–Crippen LogP) is 2.47. The normalized spacial score (nSPS) is 10.4. The first-order valence-corrected chi connectivity index (χ1v) is 10.3. The quantitative estimate of drug-likeness (QED) is 0.509. The van der Waals surface area contributed by atoms with E-state index in [9.17, 15) is 9.59 Å². The van der Waals surface area contributed by atoms with Gasteiger partial charge in [-0.15, -0.1) is 10.2 Å². The molecule has 2 amide bonds. The molecule has 3 rings (SSSR count). The number of benzene rings is 2. The second-order valence-electron chi connectivity index (χ2n) is 6.62. The average molecular weight is 442 g/mol. The minimum absolute atomic E-state index is 0.0375. The number of aromatic nitrogens is 3. The number of hydrogen-bond donors (Lipinski definition) is 1. The minimum atomic E-state index is -0.175. The van der Waals surface area contributed by atoms with Crippen LogP contribution in [0.5, 0.6) is 11.5 Å². The summed E-state index contributed by atoms with van der Waals surface area (Å²) in [6.07, 6.45) is 1.60. The number of nitrogens with one attached hydrogen (secondary N) is 1. The highest BCUT2D eigenvalue weighted by molar-refractivity contribution is 7.99. The summed E-state index contributed by atoms with van der Waals surface area (Å²) >= 11 is 1.28. The van der Waals surface area contributed by atoms with Crippen LogP contribution < -0.4 is 14.8 Å². The van der Waals surface area contributed by atoms with Gasteiger partial charge in [-0.3, -0.25) is 14.2 Å². The molecule has 2 aromatic carbocycles. The van der Waals surface area contributed by atoms with Gasteiger partial charge in [0.2, 0.25) is 5.91 Å². The van der Waals surface area contributed by atoms with Crippen molar-refractivity contribution in [1.82, 2.24) is 19.7 Å². The number of methoxy groups -OCH3 is 1. The van der Waals surface area contributed by atoms with Crippen LogP contribution in [0.2, 0.25) is 0 Å². The Morgan fingerprint density at radius 2 is 1.74 bits per heavy atom. The van der Waals surface area contributed by atoms with Crippen LogP contribution in [0, 0.1) is 0 Å². The maximum atomic E-state index is 12.3. The maximum Gasteiger partial charge on any atom is 0.259 e. The molecular formula is C21H23N5O4S. The summed E-state index contributed by atoms with van der Waals surface area (Å²) in [5.74, 6) is 1.17. The van der Waals surface area contributed by atoms with Crippen LogP contribution >= 0.6 is 11.8 Å². The summed E-state index contributed by atoms with van der Waals surface area (Å²) in [5, 5.41) is 11.5. The number of likely N-dealkylation sites (N-methyl/N-ethyl adjacent to an activating group) is 1. The average Bonchev–Trinajstić information content (AvgIpc) is 3.25. The monoisotopic (exact) mass is 441 g/mol. The Morgan fingerprint density at radius 3 is 2.39 bits per heavy atom. The van der Waals surface area contributed by atoms with Crippen molar-refractivity contribution in [3.8, 4) is 17.2 Å². The van der Waals surface area contributed by atoms with Gasteiger partial charge in [0.05, 0.1) is 12.9 Å². The first-order chi connectivity index (χ1) is 15.0. The zero-order valence-corrected chi connectivity index (χ0v) is 18.3. The van der Waals surface area contributed by atoms with Crippen molar-refractivity contribution in [3.63, 3.8) is 0 Å². The van der Waals surface area contributed by atoms with Crippen LogP contribution in [0.15, 0.2) is 60.0 Å². The van der Waals surface area contributed by atoms with Crippen molar-refractivity contribution in [2.75, 3.05) is 38.9 Å². The smallest absolute Gasteiger partial charge is 0.259 e. The molecule has 0 radical (unpaired) electrons. The molecule has 0 aliphatic heterocycles. The van der Waals surface area contributed by atoms with E-state index in [0.717, 1.165) is 11.4 Å². The molecule has 10 heteroatoms. The molecule has 0 aliphatic carbocycles. The molecule has 0 saturated carbocycles. The van der Waals surface area contributed by atoms with Crippen LogP contribution in [0.25, 0.3) is 5.69 Å². The largest absolute Gasteiger partial charge is 0.497 e. The van der Waals surface area contributed by atoms with Gasteiger partial charge in [-0.1, -0.05) is 11.8 Å². The van der Waals surface area contributed by atoms with Crippen LogP contribution in [-0.2, 0) is 9.59 Å². The third-order valence-corrected chi connectivity index (χ3v) is 5.14. The lowest BCUT2D eigenvalue weighted by Gasteiger charge is -2.12. The summed E-state index contributed by atoms with van der Waals surface area (Å²) in [6, 6.07) is 14.3. The molecule has 0 fully saturated rings. The third kappa shape index (κ3) is 6.22. The highest BCUT2D eigenvalue weighted by Crippen LogP contribution is 2.22. The molecule has 0 spiro atoms. The predicted molar refractivity (Wildman–Crippen MR) is 118 cm³/mol. The number of nitrogens with zero attached hydrogens (tertiary/aromatic N) is 4. The Balaban J connectivity index is 1.52. The zero-order valence-electron chi connectivity index (χ0n) is 17.4. The van der Waals surface area contributed by atoms with Gasteiger partial charge in [0, 0.05) is 25.5 Å². The number of ether oxygens (including phenoxy) is 2. The van der Waals surface area contributed by atoms with E-state index >= 15 is 0 Å². The molecule has 1 heterocycles. The summed E-state index contributed by atoms with van der Waals surface area (Å²) in [4.78, 5) is 25.4. The number of rotatable bonds is 9. The molecule has 0 unspecified atom stereocenters. The Hall–Kier alpha value is -3.53. The number of hydrogen-bond acceptors (Lipinski definition) is 7. The minimum Gasteiger partial charge on any atom is -0.497 e. The van der Waals surface area contributed by atoms with E-state index in [-0.39, 0.29) is 24.2 Å². The second-order valence-corrected chi connectivity index (χ2v) is 7.56. The molecule has 9 nitrogen and oxygen atoms in total. The zero-order chi connectivity index (χ0) is 22.2. The lowest BCUT2D eigenvalue weighted by molar-refractivity contribution is -0.130. The molecule has 1 N–H and O–H groups in total. The fourth-order valence-electron chi connectivity index (χ4n) is 2.48. The van der Waals surface area contributed by atoms with E-state index in [1.54, 1.807) is 56.4 Å². The van der Waals surface area contributed by atoms with Gasteiger partial charge >= 0.3 is 0 Å². The second kappa shape index (κ2) is 10.5. The lowest BCUT2D eigenvalue weighted by atomic mass is 10.3. The molecule has 0 bridgehead atoms. The molecule has 0 aliphatic rings. The highest BCUT2D eigenvalue weighted by atomic mass is 32.2. The Labute approximate surface area is 184 Å². The van der Waals surface area contributed by atoms with Crippen LogP contribution in [0.1, 0.15) is 0 Å². The van der Waals surface area contributed by atoms with E-state index in [2.05, 4.69) is 15.5 Å². The van der Waals surface area contributed by atoms with E-state index in [1.165, 1.54) is 16.7 Å². The van der Waals surface area contributed by atoms with Crippen LogP contribution in [-0.4, -0.2) is 65.0 Å². The van der Waals surface area contributed by atoms with Gasteiger partial charge in [0.25, 0.3) is 5.91 Å². The first-order valence-electron chi connectivity index (χ1n) is 9.36. The van der Waals surface area contributed by atoms with Crippen molar-refractivity contribution in [2.24, 2.45) is 0 Å². The summed E-state index contributed by atoms with van der Waals surface area (Å²) in [6.45, 7) is -0.0375. The van der Waals surface area contributed by atoms with E-state index in [0.29, 0.717) is 16.6 Å². The molecule has 0 atom stereocenters. The third-order valence-electron chi connectivity index (χ3n) is 4.20. The van der Waals surface area contributed by atoms with E-state index in [4.69, 9.17) is 9.47 Å². The van der Waals surface area contributed by atoms with Crippen molar-refractivity contribution < 1.29 is 19.1 Å². The van der Waals surface area contributed by atoms with Gasteiger partial charge in [0.15, 0.2) is 11.8 Å². The summed E-state index contributed by atoms with van der Waals surface area (Å²) in [5.41, 5.74) is 1.51. The number of anilines is 1. The molecule has 0 saturated heterocycles. The van der Waals surface area contributed by atoms with Gasteiger partial charge < -0.3 is 19.7 Å². The molecule has 162 valence electrons. The number of carbonyl (C=O) groups is 2. The number of thioether (sulfide) groups is 1. The Kier molecular flexibility index (Phi) is 7.50. The van der Waals surface area contributed by atoms with Crippen LogP contribution in [0.4, 0.5) is 5.69 Å². The topological polar surface area (TPSA) is 98.6 Å². The first kappa shape index (κ1) is 22.2. The van der Waals surface area contributed by atoms with E-state index < -0.39 is 0 Å². The Bertz CT molecular complexity index is 1020. The van der Waals surface area contributed by atoms with Gasteiger partial charge in [0.1, 0.15) is 17.8 Å². The molecule has 3 aromatic rings. The van der Waals surface area contributed by atoms with Crippen molar-refractivity contribution in [1.29, 1.82) is 0 Å². The van der Waals surface area contributed by atoms with Gasteiger partial charge in [-0.05, 0) is 48.5 Å². The molecule has 1 aromatic heterocycles. The number of amides is 2. The number of carbonyl (C=O) groups excluding carboxylic acids is 2. The maximum absolute atomic E-state index is 12.3.